The molecule has 0 bridgehead atoms. The van der Waals surface area contributed by atoms with Crippen LogP contribution in [0.3, 0.4) is 0 Å². The number of benzene rings is 1. The molecule has 0 fully saturated rings. The topological polar surface area (TPSA) is 26.3 Å². The van der Waals surface area contributed by atoms with Gasteiger partial charge in [-0.05, 0) is 18.9 Å². The molecule has 0 aliphatic heterocycles. The van der Waals surface area contributed by atoms with Crippen LogP contribution in [-0.2, 0) is 9.53 Å². The first-order valence-corrected chi connectivity index (χ1v) is 6.64. The van der Waals surface area contributed by atoms with Crippen LogP contribution in [0.4, 0.5) is 0 Å². The summed E-state index contributed by atoms with van der Waals surface area (Å²) < 4.78 is 4.94. The molecule has 1 unspecified atom stereocenters. The Morgan fingerprint density at radius 1 is 1.32 bits per heavy atom. The summed E-state index contributed by atoms with van der Waals surface area (Å²) in [5, 5.41) is 0. The Balaban J connectivity index is 0.000000356. The van der Waals surface area contributed by atoms with Crippen LogP contribution >= 0.6 is 0 Å². The van der Waals surface area contributed by atoms with Crippen molar-refractivity contribution in [3.05, 3.63) is 55.1 Å². The molecule has 0 aliphatic rings. The number of carbonyl (C=O) groups excluding carboxylic acids is 1. The Hall–Kier alpha value is -1.83. The second-order valence-corrected chi connectivity index (χ2v) is 4.21. The highest BCUT2D eigenvalue weighted by atomic mass is 16.5. The number of ether oxygens (including phenoxy) is 1. The van der Waals surface area contributed by atoms with Gasteiger partial charge in [-0.25, -0.2) is 4.79 Å². The third kappa shape index (κ3) is 9.83. The van der Waals surface area contributed by atoms with E-state index in [1.54, 1.807) is 0 Å². The molecule has 2 nitrogen and oxygen atoms in total. The number of rotatable bonds is 6. The first kappa shape index (κ1) is 17.2. The summed E-state index contributed by atoms with van der Waals surface area (Å²) >= 11 is 0. The van der Waals surface area contributed by atoms with E-state index in [1.165, 1.54) is 11.6 Å². The zero-order valence-corrected chi connectivity index (χ0v) is 12.0. The Kier molecular flexibility index (Phi) is 10.2. The molecule has 1 aromatic carbocycles. The first-order chi connectivity index (χ1) is 9.13. The van der Waals surface area contributed by atoms with E-state index < -0.39 is 0 Å². The Bertz CT molecular complexity index is 368. The van der Waals surface area contributed by atoms with E-state index in [4.69, 9.17) is 4.74 Å². The lowest BCUT2D eigenvalue weighted by Gasteiger charge is -2.10. The summed E-state index contributed by atoms with van der Waals surface area (Å²) in [6.45, 7) is 11.0. The fourth-order valence-electron chi connectivity index (χ4n) is 1.39. The molecule has 0 aromatic heterocycles. The fourth-order valence-corrected chi connectivity index (χ4v) is 1.39. The highest BCUT2D eigenvalue weighted by Crippen LogP contribution is 2.03. The number of carbonyl (C=O) groups is 1. The van der Waals surface area contributed by atoms with Gasteiger partial charge in [-0.15, -0.1) is 0 Å². The minimum atomic E-state index is -0.325. The Morgan fingerprint density at radius 3 is 2.37 bits per heavy atom. The maximum absolute atomic E-state index is 10.6. The van der Waals surface area contributed by atoms with Crippen LogP contribution < -0.4 is 0 Å². The summed E-state index contributed by atoms with van der Waals surface area (Å²) in [5.41, 5.74) is 1.17. The van der Waals surface area contributed by atoms with Gasteiger partial charge in [0.15, 0.2) is 0 Å². The number of unbranched alkanes of at least 4 members (excludes halogenated alkanes) is 1. The average molecular weight is 260 g/mol. The number of hydrogen-bond acceptors (Lipinski definition) is 2. The number of hydrogen-bond donors (Lipinski definition) is 0. The molecule has 0 saturated heterocycles. The lowest BCUT2D eigenvalue weighted by atomic mass is 10.2. The van der Waals surface area contributed by atoms with Gasteiger partial charge in [0.05, 0.1) is 6.10 Å². The van der Waals surface area contributed by atoms with E-state index >= 15 is 0 Å². The minimum Gasteiger partial charge on any atom is -0.460 e. The predicted molar refractivity (Wildman–Crippen MR) is 81.8 cm³/mol. The molecule has 0 amide bonds. The molecule has 1 atom stereocenters. The SMILES string of the molecule is C=CC(=O)OC(C)CCCC.C=Cc1ccccc1. The van der Waals surface area contributed by atoms with Gasteiger partial charge in [0.25, 0.3) is 0 Å². The van der Waals surface area contributed by atoms with Crippen molar-refractivity contribution in [2.75, 3.05) is 0 Å². The Morgan fingerprint density at radius 2 is 1.95 bits per heavy atom. The van der Waals surface area contributed by atoms with Crippen molar-refractivity contribution >= 4 is 12.0 Å². The molecule has 0 saturated carbocycles. The maximum Gasteiger partial charge on any atom is 0.330 e. The van der Waals surface area contributed by atoms with E-state index in [0.29, 0.717) is 0 Å². The summed E-state index contributed by atoms with van der Waals surface area (Å²) in [6.07, 6.45) is 6.24. The molecule has 0 aliphatic carbocycles. The predicted octanol–water partition coefficient (Wildman–Crippen LogP) is 4.62. The van der Waals surface area contributed by atoms with E-state index in [1.807, 2.05) is 43.3 Å². The maximum atomic E-state index is 10.6. The number of esters is 1. The highest BCUT2D eigenvalue weighted by Gasteiger charge is 2.04. The van der Waals surface area contributed by atoms with Crippen LogP contribution in [0.1, 0.15) is 38.7 Å². The quantitative estimate of drug-likeness (QED) is 0.551. The van der Waals surface area contributed by atoms with Crippen molar-refractivity contribution in [1.82, 2.24) is 0 Å². The van der Waals surface area contributed by atoms with Crippen molar-refractivity contribution in [2.45, 2.75) is 39.2 Å². The molecule has 0 spiro atoms. The molecule has 19 heavy (non-hydrogen) atoms. The van der Waals surface area contributed by atoms with Crippen molar-refractivity contribution in [2.24, 2.45) is 0 Å². The minimum absolute atomic E-state index is 0.0282. The van der Waals surface area contributed by atoms with Crippen LogP contribution in [0.25, 0.3) is 6.08 Å². The van der Waals surface area contributed by atoms with Gasteiger partial charge in [-0.3, -0.25) is 0 Å². The standard InChI is InChI=1S/C9H16O2.C8H8/c1-4-6-7-8(3)11-9(10)5-2;1-2-8-6-4-3-5-7-8/h5,8H,2,4,6-7H2,1,3H3;2-7H,1H2. The molecule has 0 N–H and O–H groups in total. The van der Waals surface area contributed by atoms with Gasteiger partial charge >= 0.3 is 5.97 Å². The summed E-state index contributed by atoms with van der Waals surface area (Å²) in [4.78, 5) is 10.6. The van der Waals surface area contributed by atoms with Gasteiger partial charge < -0.3 is 4.74 Å². The van der Waals surface area contributed by atoms with Crippen LogP contribution in [0.5, 0.6) is 0 Å². The van der Waals surface area contributed by atoms with Crippen LogP contribution in [0.2, 0.25) is 0 Å². The first-order valence-electron chi connectivity index (χ1n) is 6.64. The van der Waals surface area contributed by atoms with Crippen molar-refractivity contribution in [1.29, 1.82) is 0 Å². The van der Waals surface area contributed by atoms with Gasteiger partial charge in [0.1, 0.15) is 0 Å². The lowest BCUT2D eigenvalue weighted by Crippen LogP contribution is -2.12. The summed E-state index contributed by atoms with van der Waals surface area (Å²) in [6, 6.07) is 10.0. The zero-order valence-electron chi connectivity index (χ0n) is 12.0. The largest absolute Gasteiger partial charge is 0.460 e. The second-order valence-electron chi connectivity index (χ2n) is 4.21. The molecule has 2 heteroatoms. The molecule has 0 heterocycles. The van der Waals surface area contributed by atoms with Crippen molar-refractivity contribution in [3.8, 4) is 0 Å². The molecule has 1 aromatic rings. The van der Waals surface area contributed by atoms with E-state index in [2.05, 4.69) is 20.1 Å². The molecular weight excluding hydrogens is 236 g/mol. The van der Waals surface area contributed by atoms with Crippen molar-refractivity contribution < 1.29 is 9.53 Å². The molecule has 0 radical (unpaired) electrons. The van der Waals surface area contributed by atoms with Crippen LogP contribution in [0.15, 0.2) is 49.6 Å². The smallest absolute Gasteiger partial charge is 0.330 e. The summed E-state index contributed by atoms with van der Waals surface area (Å²) in [5.74, 6) is -0.325. The van der Waals surface area contributed by atoms with E-state index in [0.717, 1.165) is 19.3 Å². The normalized spacial score (nSPS) is 10.6. The van der Waals surface area contributed by atoms with Crippen LogP contribution in [0, 0.1) is 0 Å². The van der Waals surface area contributed by atoms with Gasteiger partial charge in [0.2, 0.25) is 0 Å². The van der Waals surface area contributed by atoms with Gasteiger partial charge in [-0.2, -0.15) is 0 Å². The molecule has 1 rings (SSSR count). The van der Waals surface area contributed by atoms with Crippen LogP contribution in [-0.4, -0.2) is 12.1 Å². The molecule has 104 valence electrons. The fraction of sp³-hybridized carbons (Fsp3) is 0.353. The average Bonchev–Trinajstić information content (AvgIpc) is 2.46. The summed E-state index contributed by atoms with van der Waals surface area (Å²) in [7, 11) is 0. The second kappa shape index (κ2) is 11.3. The molecular formula is C17H24O2. The lowest BCUT2D eigenvalue weighted by molar-refractivity contribution is -0.142. The van der Waals surface area contributed by atoms with Gasteiger partial charge in [-0.1, -0.05) is 69.3 Å². The van der Waals surface area contributed by atoms with E-state index in [-0.39, 0.29) is 12.1 Å². The third-order valence-electron chi connectivity index (χ3n) is 2.48. The third-order valence-corrected chi connectivity index (χ3v) is 2.48. The monoisotopic (exact) mass is 260 g/mol. The highest BCUT2D eigenvalue weighted by molar-refractivity contribution is 5.81. The van der Waals surface area contributed by atoms with E-state index in [9.17, 15) is 4.79 Å². The van der Waals surface area contributed by atoms with Crippen molar-refractivity contribution in [3.63, 3.8) is 0 Å². The van der Waals surface area contributed by atoms with Gasteiger partial charge in [0, 0.05) is 6.08 Å². The zero-order chi connectivity index (χ0) is 14.5. The Labute approximate surface area is 116 Å².